The molecule has 0 aliphatic carbocycles. The van der Waals surface area contributed by atoms with Gasteiger partial charge in [-0.3, -0.25) is 0 Å². The molecule has 1 aliphatic heterocycles. The molecule has 0 bridgehead atoms. The van der Waals surface area contributed by atoms with E-state index in [-0.39, 0.29) is 0 Å². The second-order valence-electron chi connectivity index (χ2n) is 13.7. The van der Waals surface area contributed by atoms with Gasteiger partial charge in [-0.15, -0.1) is 0 Å². The van der Waals surface area contributed by atoms with Crippen molar-refractivity contribution in [2.75, 3.05) is 4.90 Å². The summed E-state index contributed by atoms with van der Waals surface area (Å²) in [4.78, 5) is 4.85. The predicted molar refractivity (Wildman–Crippen MR) is 220 cm³/mol. The van der Waals surface area contributed by atoms with Crippen molar-refractivity contribution in [2.45, 2.75) is 9.79 Å². The fourth-order valence-electron chi connectivity index (χ4n) is 8.35. The zero-order chi connectivity index (χ0) is 34.6. The normalized spacial score (nSPS) is 12.8. The zero-order valence-corrected chi connectivity index (χ0v) is 29.1. The number of fused-ring (bicyclic) bond motifs is 11. The van der Waals surface area contributed by atoms with Crippen LogP contribution in [0.1, 0.15) is 0 Å². The van der Waals surface area contributed by atoms with Crippen LogP contribution in [0.2, 0.25) is 0 Å². The quantitative estimate of drug-likeness (QED) is 0.184. The zero-order valence-electron chi connectivity index (χ0n) is 28.3. The third-order valence-electron chi connectivity index (χ3n) is 10.8. The van der Waals surface area contributed by atoms with Crippen LogP contribution in [0.5, 0.6) is 0 Å². The lowest BCUT2D eigenvalue weighted by molar-refractivity contribution is 0.668. The first-order valence-corrected chi connectivity index (χ1v) is 18.6. The molecule has 5 heteroatoms. The second kappa shape index (κ2) is 10.9. The van der Waals surface area contributed by atoms with Gasteiger partial charge in [0, 0.05) is 53.5 Å². The summed E-state index contributed by atoms with van der Waals surface area (Å²) < 4.78 is 14.7. The first kappa shape index (κ1) is 28.9. The molecule has 0 amide bonds. The van der Waals surface area contributed by atoms with Crippen molar-refractivity contribution in [1.29, 1.82) is 0 Å². The molecular weight excluding hydrogens is 669 g/mol. The SMILES string of the molecule is c1ccc2c(c1)Sc1cc(-c3ccc4c(c3)c3ccccc3n4-c3ccc4oc5ccccc5c4c3)ccc1N2c1ccc2oc3ccccc3c2c1. The fraction of sp³-hybridized carbons (Fsp3) is 0. The molecule has 0 atom stereocenters. The molecule has 1 aliphatic rings. The Hall–Kier alpha value is -6.69. The lowest BCUT2D eigenvalue weighted by Crippen LogP contribution is -2.14. The summed E-state index contributed by atoms with van der Waals surface area (Å²) >= 11 is 1.84. The Kier molecular flexibility index (Phi) is 5.96. The van der Waals surface area contributed by atoms with Gasteiger partial charge in [-0.1, -0.05) is 90.6 Å². The van der Waals surface area contributed by atoms with Gasteiger partial charge < -0.3 is 18.3 Å². The topological polar surface area (TPSA) is 34.5 Å². The van der Waals surface area contributed by atoms with Gasteiger partial charge in [-0.2, -0.15) is 0 Å². The fourth-order valence-corrected chi connectivity index (χ4v) is 9.45. The van der Waals surface area contributed by atoms with Gasteiger partial charge in [-0.05, 0) is 102 Å². The maximum atomic E-state index is 6.18. The molecule has 0 N–H and O–H groups in total. The summed E-state index contributed by atoms with van der Waals surface area (Å²) in [6.07, 6.45) is 0. The average molecular weight is 697 g/mol. The molecule has 4 heterocycles. The van der Waals surface area contributed by atoms with Crippen LogP contribution < -0.4 is 4.90 Å². The van der Waals surface area contributed by atoms with E-state index in [2.05, 4.69) is 155 Å². The van der Waals surface area contributed by atoms with Crippen LogP contribution in [0.3, 0.4) is 0 Å². The molecule has 0 fully saturated rings. The number of rotatable bonds is 3. The van der Waals surface area contributed by atoms with Crippen molar-refractivity contribution in [2.24, 2.45) is 0 Å². The summed E-state index contributed by atoms with van der Waals surface area (Å²) in [6, 6.07) is 60.8. The van der Waals surface area contributed by atoms with Gasteiger partial charge in [0.25, 0.3) is 0 Å². The van der Waals surface area contributed by atoms with Crippen molar-refractivity contribution in [3.63, 3.8) is 0 Å². The van der Waals surface area contributed by atoms with Crippen LogP contribution in [-0.2, 0) is 0 Å². The molecule has 11 aromatic rings. The Labute approximate surface area is 308 Å². The molecule has 53 heavy (non-hydrogen) atoms. The Bertz CT molecular complexity index is 3290. The van der Waals surface area contributed by atoms with E-state index in [9.17, 15) is 0 Å². The number of anilines is 3. The van der Waals surface area contributed by atoms with E-state index in [1.165, 1.54) is 54.1 Å². The molecule has 0 spiro atoms. The highest BCUT2D eigenvalue weighted by molar-refractivity contribution is 7.99. The van der Waals surface area contributed by atoms with E-state index in [0.717, 1.165) is 55.3 Å². The first-order valence-electron chi connectivity index (χ1n) is 17.8. The monoisotopic (exact) mass is 696 g/mol. The molecule has 8 aromatic carbocycles. The van der Waals surface area contributed by atoms with E-state index < -0.39 is 0 Å². The smallest absolute Gasteiger partial charge is 0.135 e. The van der Waals surface area contributed by atoms with Crippen molar-refractivity contribution in [3.05, 3.63) is 170 Å². The number of para-hydroxylation sites is 4. The van der Waals surface area contributed by atoms with E-state index in [0.29, 0.717) is 0 Å². The maximum absolute atomic E-state index is 6.18. The molecular formula is C48H28N2O2S. The molecule has 0 saturated carbocycles. The molecule has 3 aromatic heterocycles. The summed E-state index contributed by atoms with van der Waals surface area (Å²) in [5, 5.41) is 6.98. The van der Waals surface area contributed by atoms with Gasteiger partial charge in [0.1, 0.15) is 22.3 Å². The number of hydrogen-bond donors (Lipinski definition) is 0. The highest BCUT2D eigenvalue weighted by Crippen LogP contribution is 2.53. The molecule has 12 rings (SSSR count). The second-order valence-corrected chi connectivity index (χ2v) is 14.8. The van der Waals surface area contributed by atoms with Crippen LogP contribution in [-0.4, -0.2) is 4.57 Å². The Morgan fingerprint density at radius 2 is 0.925 bits per heavy atom. The number of nitrogens with zero attached hydrogens (tertiary/aromatic N) is 2. The lowest BCUT2D eigenvalue weighted by Gasteiger charge is -2.33. The highest BCUT2D eigenvalue weighted by Gasteiger charge is 2.26. The number of benzene rings is 8. The predicted octanol–water partition coefficient (Wildman–Crippen LogP) is 14.2. The van der Waals surface area contributed by atoms with Crippen molar-refractivity contribution >= 4 is 94.5 Å². The summed E-state index contributed by atoms with van der Waals surface area (Å²) in [6.45, 7) is 0. The molecule has 4 nitrogen and oxygen atoms in total. The van der Waals surface area contributed by atoms with E-state index >= 15 is 0 Å². The average Bonchev–Trinajstić information content (AvgIpc) is 3.88. The minimum atomic E-state index is 0.900. The highest BCUT2D eigenvalue weighted by atomic mass is 32.2. The van der Waals surface area contributed by atoms with E-state index in [1.807, 2.05) is 36.0 Å². The first-order chi connectivity index (χ1) is 26.2. The van der Waals surface area contributed by atoms with Gasteiger partial charge in [-0.25, -0.2) is 0 Å². The van der Waals surface area contributed by atoms with Crippen LogP contribution in [0.25, 0.3) is 82.5 Å². The van der Waals surface area contributed by atoms with Crippen LogP contribution >= 0.6 is 11.8 Å². The molecule has 0 unspecified atom stereocenters. The number of furan rings is 2. The maximum Gasteiger partial charge on any atom is 0.135 e. The lowest BCUT2D eigenvalue weighted by atomic mass is 10.0. The van der Waals surface area contributed by atoms with Gasteiger partial charge in [0.05, 0.1) is 22.4 Å². The van der Waals surface area contributed by atoms with Gasteiger partial charge in [0.15, 0.2) is 0 Å². The summed E-state index contributed by atoms with van der Waals surface area (Å²) in [5.74, 6) is 0. The Balaban J connectivity index is 0.996. The minimum Gasteiger partial charge on any atom is -0.456 e. The standard InChI is InChI=1S/C48H28N2O2S/c1-4-12-39-33(9-1)36-25-29(17-21-40(36)49(39)31-19-23-45-37(27-31)34-10-2-6-14-43(34)51-45)30-18-22-42-48(26-30)53-47-16-8-5-13-41(47)50(42)32-20-24-46-38(28-32)35-11-3-7-15-44(35)52-46/h1-28H. The Morgan fingerprint density at radius 1 is 0.358 bits per heavy atom. The molecule has 248 valence electrons. The minimum absolute atomic E-state index is 0.900. The summed E-state index contributed by atoms with van der Waals surface area (Å²) in [7, 11) is 0. The molecule has 0 radical (unpaired) electrons. The van der Waals surface area contributed by atoms with Gasteiger partial charge >= 0.3 is 0 Å². The molecule has 0 saturated heterocycles. The van der Waals surface area contributed by atoms with E-state index in [1.54, 1.807) is 0 Å². The third-order valence-corrected chi connectivity index (χ3v) is 11.9. The number of hydrogen-bond acceptors (Lipinski definition) is 4. The van der Waals surface area contributed by atoms with Crippen molar-refractivity contribution < 1.29 is 8.83 Å². The number of aromatic nitrogens is 1. The van der Waals surface area contributed by atoms with Crippen LogP contribution in [0, 0.1) is 0 Å². The van der Waals surface area contributed by atoms with Crippen molar-refractivity contribution in [1.82, 2.24) is 4.57 Å². The van der Waals surface area contributed by atoms with Crippen LogP contribution in [0.4, 0.5) is 17.1 Å². The van der Waals surface area contributed by atoms with Crippen LogP contribution in [0.15, 0.2) is 188 Å². The van der Waals surface area contributed by atoms with E-state index in [4.69, 9.17) is 8.83 Å². The third kappa shape index (κ3) is 4.26. The summed E-state index contributed by atoms with van der Waals surface area (Å²) in [5.41, 5.74) is 13.0. The van der Waals surface area contributed by atoms with Crippen molar-refractivity contribution in [3.8, 4) is 16.8 Å². The Morgan fingerprint density at radius 3 is 1.72 bits per heavy atom. The van der Waals surface area contributed by atoms with Gasteiger partial charge in [0.2, 0.25) is 0 Å². The largest absolute Gasteiger partial charge is 0.456 e.